The topological polar surface area (TPSA) is 17.8 Å². The molecule has 0 aliphatic rings. The zero-order valence-electron chi connectivity index (χ0n) is 11.2. The van der Waals surface area contributed by atoms with Gasteiger partial charge in [-0.05, 0) is 44.0 Å². The van der Waals surface area contributed by atoms with Crippen molar-refractivity contribution < 1.29 is 4.39 Å². The Hall–Kier alpha value is -2.16. The summed E-state index contributed by atoms with van der Waals surface area (Å²) >= 11 is 0. The number of fused-ring (bicyclic) bond motifs is 1. The average Bonchev–Trinajstić information content (AvgIpc) is 2.71. The third-order valence-electron chi connectivity index (χ3n) is 3.31. The van der Waals surface area contributed by atoms with Gasteiger partial charge in [-0.1, -0.05) is 17.7 Å². The minimum absolute atomic E-state index is 0.275. The molecule has 0 saturated heterocycles. The maximum absolute atomic E-state index is 13.2. The number of nitrogens with zero attached hydrogens (tertiary/aromatic N) is 2. The quantitative estimate of drug-likeness (QED) is 0.643. The molecule has 0 fully saturated rings. The molecule has 3 aromatic rings. The van der Waals surface area contributed by atoms with Crippen molar-refractivity contribution in [2.24, 2.45) is 0 Å². The van der Waals surface area contributed by atoms with E-state index < -0.39 is 0 Å². The Kier molecular flexibility index (Phi) is 2.63. The van der Waals surface area contributed by atoms with Crippen LogP contribution in [0.5, 0.6) is 0 Å². The summed E-state index contributed by atoms with van der Waals surface area (Å²) in [5.41, 5.74) is 6.12. The van der Waals surface area contributed by atoms with E-state index in [1.54, 1.807) is 6.07 Å². The number of benzene rings is 2. The molecule has 1 aromatic heterocycles. The lowest BCUT2D eigenvalue weighted by atomic mass is 10.0. The number of aromatic nitrogens is 2. The van der Waals surface area contributed by atoms with E-state index in [0.29, 0.717) is 5.52 Å². The van der Waals surface area contributed by atoms with Crippen LogP contribution in [0, 0.1) is 32.9 Å². The third kappa shape index (κ3) is 1.91. The van der Waals surface area contributed by atoms with Crippen LogP contribution in [0.1, 0.15) is 16.7 Å². The molecule has 0 amide bonds. The number of halogens is 1. The first kappa shape index (κ1) is 11.9. The van der Waals surface area contributed by atoms with Crippen LogP contribution in [0.15, 0.2) is 30.3 Å². The highest BCUT2D eigenvalue weighted by Gasteiger charge is 2.11. The van der Waals surface area contributed by atoms with Crippen LogP contribution in [0.25, 0.3) is 16.7 Å². The number of imidazole rings is 1. The molecule has 0 atom stereocenters. The molecule has 0 aliphatic carbocycles. The maximum atomic E-state index is 13.2. The summed E-state index contributed by atoms with van der Waals surface area (Å²) < 4.78 is 15.1. The fourth-order valence-electron chi connectivity index (χ4n) is 2.63. The van der Waals surface area contributed by atoms with E-state index in [4.69, 9.17) is 0 Å². The highest BCUT2D eigenvalue weighted by Crippen LogP contribution is 2.25. The fourth-order valence-corrected chi connectivity index (χ4v) is 2.63. The second kappa shape index (κ2) is 4.19. The van der Waals surface area contributed by atoms with Gasteiger partial charge >= 0.3 is 0 Å². The molecule has 95 valence electrons. The molecule has 1 heterocycles. The second-order valence-corrected chi connectivity index (χ2v) is 4.93. The SMILES string of the molecule is Cc1cc(C)c(-n2[c]nc3cc(F)ccc32)c(C)c1. The Morgan fingerprint density at radius 3 is 2.42 bits per heavy atom. The second-order valence-electron chi connectivity index (χ2n) is 4.93. The summed E-state index contributed by atoms with van der Waals surface area (Å²) in [7, 11) is 0. The zero-order valence-corrected chi connectivity index (χ0v) is 11.2. The number of aryl methyl sites for hydroxylation is 3. The van der Waals surface area contributed by atoms with Crippen molar-refractivity contribution in [1.82, 2.24) is 9.55 Å². The minimum Gasteiger partial charge on any atom is -0.289 e. The Balaban J connectivity index is 2.31. The van der Waals surface area contributed by atoms with E-state index in [1.807, 2.05) is 4.57 Å². The highest BCUT2D eigenvalue weighted by atomic mass is 19.1. The lowest BCUT2D eigenvalue weighted by Crippen LogP contribution is -2.00. The van der Waals surface area contributed by atoms with Gasteiger partial charge in [0.1, 0.15) is 5.82 Å². The summed E-state index contributed by atoms with van der Waals surface area (Å²) in [5, 5.41) is 0. The third-order valence-corrected chi connectivity index (χ3v) is 3.31. The molecule has 3 heteroatoms. The largest absolute Gasteiger partial charge is 0.289 e. The molecule has 0 N–H and O–H groups in total. The molecule has 0 bridgehead atoms. The summed E-state index contributed by atoms with van der Waals surface area (Å²) in [5.74, 6) is -0.275. The van der Waals surface area contributed by atoms with E-state index >= 15 is 0 Å². The van der Waals surface area contributed by atoms with Crippen LogP contribution in [-0.2, 0) is 0 Å². The van der Waals surface area contributed by atoms with Crippen molar-refractivity contribution in [2.45, 2.75) is 20.8 Å². The van der Waals surface area contributed by atoms with Crippen LogP contribution >= 0.6 is 0 Å². The van der Waals surface area contributed by atoms with Gasteiger partial charge < -0.3 is 0 Å². The fraction of sp³-hybridized carbons (Fsp3) is 0.188. The molecular weight excluding hydrogens is 239 g/mol. The van der Waals surface area contributed by atoms with E-state index in [1.165, 1.54) is 17.7 Å². The van der Waals surface area contributed by atoms with Crippen molar-refractivity contribution in [3.8, 4) is 5.69 Å². The monoisotopic (exact) mass is 253 g/mol. The molecule has 3 rings (SSSR count). The first-order valence-corrected chi connectivity index (χ1v) is 6.20. The van der Waals surface area contributed by atoms with Crippen LogP contribution in [-0.4, -0.2) is 9.55 Å². The van der Waals surface area contributed by atoms with Gasteiger partial charge in [0.2, 0.25) is 0 Å². The summed E-state index contributed by atoms with van der Waals surface area (Å²) in [6.45, 7) is 6.21. The molecule has 1 radical (unpaired) electrons. The zero-order chi connectivity index (χ0) is 13.6. The number of hydrogen-bond donors (Lipinski definition) is 0. The Morgan fingerprint density at radius 2 is 1.74 bits per heavy atom. The van der Waals surface area contributed by atoms with Crippen molar-refractivity contribution in [2.75, 3.05) is 0 Å². The molecule has 2 nitrogen and oxygen atoms in total. The normalized spacial score (nSPS) is 11.2. The molecule has 0 spiro atoms. The van der Waals surface area contributed by atoms with Crippen molar-refractivity contribution >= 4 is 11.0 Å². The van der Waals surface area contributed by atoms with Gasteiger partial charge in [-0.25, -0.2) is 9.37 Å². The van der Waals surface area contributed by atoms with Gasteiger partial charge in [0.25, 0.3) is 0 Å². The van der Waals surface area contributed by atoms with Crippen molar-refractivity contribution in [1.29, 1.82) is 0 Å². The molecular formula is C16H14FN2. The molecule has 19 heavy (non-hydrogen) atoms. The van der Waals surface area contributed by atoms with Crippen LogP contribution < -0.4 is 0 Å². The Labute approximate surface area is 111 Å². The lowest BCUT2D eigenvalue weighted by molar-refractivity contribution is 0.629. The van der Waals surface area contributed by atoms with Gasteiger partial charge in [0, 0.05) is 6.07 Å². The standard InChI is InChI=1S/C16H14FN2/c1-10-6-11(2)16(12(3)7-10)19-9-18-14-8-13(17)4-5-15(14)19/h4-8H,1-3H3. The van der Waals surface area contributed by atoms with Crippen molar-refractivity contribution in [3.05, 3.63) is 59.2 Å². The highest BCUT2D eigenvalue weighted by molar-refractivity contribution is 5.78. The van der Waals surface area contributed by atoms with E-state index in [-0.39, 0.29) is 5.82 Å². The van der Waals surface area contributed by atoms with Crippen LogP contribution in [0.2, 0.25) is 0 Å². The molecule has 0 unspecified atom stereocenters. The molecule has 0 aliphatic heterocycles. The first-order chi connectivity index (χ1) is 9.06. The summed E-state index contributed by atoms with van der Waals surface area (Å²) in [4.78, 5) is 4.16. The van der Waals surface area contributed by atoms with Gasteiger partial charge in [0.15, 0.2) is 6.33 Å². The van der Waals surface area contributed by atoms with E-state index in [9.17, 15) is 4.39 Å². The number of hydrogen-bond acceptors (Lipinski definition) is 1. The van der Waals surface area contributed by atoms with E-state index in [0.717, 1.165) is 22.3 Å². The maximum Gasteiger partial charge on any atom is 0.182 e. The Bertz CT molecular complexity index is 749. The van der Waals surface area contributed by atoms with Crippen LogP contribution in [0.4, 0.5) is 4.39 Å². The van der Waals surface area contributed by atoms with E-state index in [2.05, 4.69) is 44.2 Å². The smallest absolute Gasteiger partial charge is 0.182 e. The van der Waals surface area contributed by atoms with Gasteiger partial charge in [-0.2, -0.15) is 0 Å². The van der Waals surface area contributed by atoms with Crippen LogP contribution in [0.3, 0.4) is 0 Å². The Morgan fingerprint density at radius 1 is 1.05 bits per heavy atom. The lowest BCUT2D eigenvalue weighted by Gasteiger charge is -2.12. The summed E-state index contributed by atoms with van der Waals surface area (Å²) in [6.07, 6.45) is 2.96. The number of rotatable bonds is 1. The first-order valence-electron chi connectivity index (χ1n) is 6.20. The average molecular weight is 253 g/mol. The van der Waals surface area contributed by atoms with Gasteiger partial charge in [-0.3, -0.25) is 4.57 Å². The van der Waals surface area contributed by atoms with Crippen molar-refractivity contribution in [3.63, 3.8) is 0 Å². The predicted molar refractivity (Wildman–Crippen MR) is 74.1 cm³/mol. The minimum atomic E-state index is -0.275. The summed E-state index contributed by atoms with van der Waals surface area (Å²) in [6, 6.07) is 8.89. The molecule has 2 aromatic carbocycles. The molecule has 0 saturated carbocycles. The van der Waals surface area contributed by atoms with Gasteiger partial charge in [0.05, 0.1) is 16.7 Å². The predicted octanol–water partition coefficient (Wildman–Crippen LogP) is 3.89. The van der Waals surface area contributed by atoms with Gasteiger partial charge in [-0.15, -0.1) is 0 Å².